The number of hydrogen-bond acceptors (Lipinski definition) is 4. The third-order valence-corrected chi connectivity index (χ3v) is 2.94. The number of rotatable bonds is 2. The molecular formula is C11H11ClF2N2O2. The maximum Gasteiger partial charge on any atom is 0.358 e. The number of pyridine rings is 1. The van der Waals surface area contributed by atoms with E-state index in [0.717, 1.165) is 0 Å². The third kappa shape index (κ3) is 2.53. The average Bonchev–Trinajstić information content (AvgIpc) is 2.68. The summed E-state index contributed by atoms with van der Waals surface area (Å²) in [5.74, 6) is -3.43. The standard InChI is InChI=1S/C11H11ClF2N2O2/c1-18-10(17)9-7(2-3-8(12)15-9)16-5-4-11(13,14)6-16/h2-3H,4-6H2,1H3. The van der Waals surface area contributed by atoms with Crippen LogP contribution in [0.4, 0.5) is 14.5 Å². The molecule has 0 atom stereocenters. The van der Waals surface area contributed by atoms with E-state index in [-0.39, 0.29) is 23.8 Å². The van der Waals surface area contributed by atoms with E-state index in [4.69, 9.17) is 11.6 Å². The van der Waals surface area contributed by atoms with Crippen LogP contribution in [0.3, 0.4) is 0 Å². The molecule has 0 amide bonds. The fourth-order valence-corrected chi connectivity index (χ4v) is 2.02. The minimum atomic E-state index is -2.74. The molecule has 0 bridgehead atoms. The van der Waals surface area contributed by atoms with Gasteiger partial charge in [0.15, 0.2) is 5.69 Å². The second kappa shape index (κ2) is 4.68. The SMILES string of the molecule is COC(=O)c1nc(Cl)ccc1N1CCC(F)(F)C1. The zero-order valence-corrected chi connectivity index (χ0v) is 10.4. The van der Waals surface area contributed by atoms with E-state index in [1.54, 1.807) is 0 Å². The summed E-state index contributed by atoms with van der Waals surface area (Å²) < 4.78 is 30.9. The molecule has 4 nitrogen and oxygen atoms in total. The number of alkyl halides is 2. The van der Waals surface area contributed by atoms with Crippen molar-refractivity contribution in [1.29, 1.82) is 0 Å². The van der Waals surface area contributed by atoms with E-state index >= 15 is 0 Å². The van der Waals surface area contributed by atoms with E-state index < -0.39 is 18.4 Å². The maximum absolute atomic E-state index is 13.2. The second-order valence-corrected chi connectivity index (χ2v) is 4.41. The molecule has 1 aromatic heterocycles. The molecule has 1 aliphatic heterocycles. The minimum Gasteiger partial charge on any atom is -0.464 e. The van der Waals surface area contributed by atoms with Crippen molar-refractivity contribution in [3.05, 3.63) is 23.0 Å². The van der Waals surface area contributed by atoms with Crippen molar-refractivity contribution < 1.29 is 18.3 Å². The Hall–Kier alpha value is -1.43. The lowest BCUT2D eigenvalue weighted by atomic mass is 10.2. The monoisotopic (exact) mass is 276 g/mol. The van der Waals surface area contributed by atoms with Crippen LogP contribution in [0, 0.1) is 0 Å². The van der Waals surface area contributed by atoms with Gasteiger partial charge in [-0.3, -0.25) is 0 Å². The van der Waals surface area contributed by atoms with Crippen molar-refractivity contribution in [2.45, 2.75) is 12.3 Å². The van der Waals surface area contributed by atoms with Crippen molar-refractivity contribution in [2.75, 3.05) is 25.1 Å². The van der Waals surface area contributed by atoms with Crippen LogP contribution >= 0.6 is 11.6 Å². The molecule has 1 aliphatic rings. The van der Waals surface area contributed by atoms with Gasteiger partial charge in [0, 0.05) is 13.0 Å². The molecule has 0 radical (unpaired) electrons. The van der Waals surface area contributed by atoms with E-state index in [0.29, 0.717) is 5.69 Å². The Balaban J connectivity index is 2.36. The molecule has 1 fully saturated rings. The first-order chi connectivity index (χ1) is 8.43. The van der Waals surface area contributed by atoms with Gasteiger partial charge in [0.1, 0.15) is 5.15 Å². The van der Waals surface area contributed by atoms with Gasteiger partial charge in [-0.25, -0.2) is 18.6 Å². The van der Waals surface area contributed by atoms with E-state index in [1.807, 2.05) is 0 Å². The fraction of sp³-hybridized carbons (Fsp3) is 0.455. The van der Waals surface area contributed by atoms with Crippen LogP contribution in [0.2, 0.25) is 5.15 Å². The molecule has 0 saturated carbocycles. The van der Waals surface area contributed by atoms with E-state index in [1.165, 1.54) is 24.1 Å². The van der Waals surface area contributed by atoms with Crippen molar-refractivity contribution in [3.8, 4) is 0 Å². The molecule has 2 rings (SSSR count). The van der Waals surface area contributed by atoms with Crippen LogP contribution in [0.25, 0.3) is 0 Å². The molecule has 1 saturated heterocycles. The Morgan fingerprint density at radius 3 is 2.83 bits per heavy atom. The summed E-state index contributed by atoms with van der Waals surface area (Å²) >= 11 is 5.70. The summed E-state index contributed by atoms with van der Waals surface area (Å²) in [7, 11) is 1.20. The molecule has 98 valence electrons. The lowest BCUT2D eigenvalue weighted by Gasteiger charge is -2.20. The maximum atomic E-state index is 13.2. The van der Waals surface area contributed by atoms with Crippen LogP contribution in [-0.4, -0.2) is 37.1 Å². The molecular weight excluding hydrogens is 266 g/mol. The first kappa shape index (κ1) is 13.0. The van der Waals surface area contributed by atoms with Crippen LogP contribution in [0.1, 0.15) is 16.9 Å². The zero-order chi connectivity index (χ0) is 13.3. The predicted molar refractivity (Wildman–Crippen MR) is 62.4 cm³/mol. The molecule has 18 heavy (non-hydrogen) atoms. The average molecular weight is 277 g/mol. The molecule has 0 spiro atoms. The van der Waals surface area contributed by atoms with Gasteiger partial charge in [-0.1, -0.05) is 11.6 Å². The van der Waals surface area contributed by atoms with Crippen molar-refractivity contribution in [1.82, 2.24) is 4.98 Å². The number of hydrogen-bond donors (Lipinski definition) is 0. The normalized spacial score (nSPS) is 17.9. The van der Waals surface area contributed by atoms with E-state index in [2.05, 4.69) is 9.72 Å². The Morgan fingerprint density at radius 2 is 2.28 bits per heavy atom. The number of carbonyl (C=O) groups is 1. The van der Waals surface area contributed by atoms with Gasteiger partial charge in [-0.15, -0.1) is 0 Å². The number of esters is 1. The van der Waals surface area contributed by atoms with Gasteiger partial charge < -0.3 is 9.64 Å². The number of nitrogens with zero attached hydrogens (tertiary/aromatic N) is 2. The number of carbonyl (C=O) groups excluding carboxylic acids is 1. The Kier molecular flexibility index (Phi) is 3.38. The third-order valence-electron chi connectivity index (χ3n) is 2.73. The predicted octanol–water partition coefficient (Wildman–Crippen LogP) is 2.37. The summed E-state index contributed by atoms with van der Waals surface area (Å²) in [6.45, 7) is -0.263. The Labute approximate surface area is 108 Å². The molecule has 2 heterocycles. The molecule has 0 N–H and O–H groups in total. The second-order valence-electron chi connectivity index (χ2n) is 4.02. The minimum absolute atomic E-state index is 0.0392. The highest BCUT2D eigenvalue weighted by atomic mass is 35.5. The summed E-state index contributed by atoms with van der Waals surface area (Å²) in [6.07, 6.45) is -0.240. The summed E-state index contributed by atoms with van der Waals surface area (Å²) in [5, 5.41) is 0.116. The van der Waals surface area contributed by atoms with Crippen molar-refractivity contribution in [3.63, 3.8) is 0 Å². The van der Waals surface area contributed by atoms with Gasteiger partial charge >= 0.3 is 5.97 Å². The van der Waals surface area contributed by atoms with Gasteiger partial charge in [-0.05, 0) is 12.1 Å². The highest BCUT2D eigenvalue weighted by Crippen LogP contribution is 2.32. The van der Waals surface area contributed by atoms with Gasteiger partial charge in [0.2, 0.25) is 0 Å². The van der Waals surface area contributed by atoms with E-state index in [9.17, 15) is 13.6 Å². The van der Waals surface area contributed by atoms with Crippen LogP contribution < -0.4 is 4.90 Å². The highest BCUT2D eigenvalue weighted by Gasteiger charge is 2.39. The topological polar surface area (TPSA) is 42.4 Å². The van der Waals surface area contributed by atoms with Crippen molar-refractivity contribution in [2.24, 2.45) is 0 Å². The largest absolute Gasteiger partial charge is 0.464 e. The Morgan fingerprint density at radius 1 is 1.56 bits per heavy atom. The molecule has 0 aliphatic carbocycles. The summed E-state index contributed by atoms with van der Waals surface area (Å²) in [5.41, 5.74) is 0.283. The van der Waals surface area contributed by atoms with Crippen LogP contribution in [0.5, 0.6) is 0 Å². The number of aromatic nitrogens is 1. The number of halogens is 3. The van der Waals surface area contributed by atoms with Crippen LogP contribution in [0.15, 0.2) is 12.1 Å². The van der Waals surface area contributed by atoms with Gasteiger partial charge in [-0.2, -0.15) is 0 Å². The number of anilines is 1. The summed E-state index contributed by atoms with van der Waals surface area (Å²) in [6, 6.07) is 2.96. The zero-order valence-electron chi connectivity index (χ0n) is 9.62. The first-order valence-corrected chi connectivity index (χ1v) is 5.68. The smallest absolute Gasteiger partial charge is 0.358 e. The van der Waals surface area contributed by atoms with Gasteiger partial charge in [0.25, 0.3) is 5.92 Å². The highest BCUT2D eigenvalue weighted by molar-refractivity contribution is 6.29. The quantitative estimate of drug-likeness (QED) is 0.614. The number of methoxy groups -OCH3 is 1. The number of ether oxygens (including phenoxy) is 1. The van der Waals surface area contributed by atoms with Crippen LogP contribution in [-0.2, 0) is 4.74 Å². The van der Waals surface area contributed by atoms with Gasteiger partial charge in [0.05, 0.1) is 19.3 Å². The molecule has 1 aromatic rings. The molecule has 7 heteroatoms. The first-order valence-electron chi connectivity index (χ1n) is 5.30. The lowest BCUT2D eigenvalue weighted by molar-refractivity contribution is 0.0256. The lowest BCUT2D eigenvalue weighted by Crippen LogP contribution is -2.27. The molecule has 0 aromatic carbocycles. The molecule has 0 unspecified atom stereocenters. The fourth-order valence-electron chi connectivity index (χ4n) is 1.87. The van der Waals surface area contributed by atoms with Crippen molar-refractivity contribution >= 4 is 23.3 Å². The Bertz CT molecular complexity index is 482. The summed E-state index contributed by atoms with van der Waals surface area (Å²) in [4.78, 5) is 16.8.